The van der Waals surface area contributed by atoms with Crippen LogP contribution in [0.15, 0.2) is 72.8 Å². The molecule has 3 aromatic carbocycles. The van der Waals surface area contributed by atoms with Crippen molar-refractivity contribution in [1.82, 2.24) is 14.7 Å². The van der Waals surface area contributed by atoms with Gasteiger partial charge in [-0.2, -0.15) is 0 Å². The fraction of sp³-hybridized carbons (Fsp3) is 0.500. The number of ketones is 1. The number of phenolic OH excluding ortho intramolecular Hbond substituents is 1. The summed E-state index contributed by atoms with van der Waals surface area (Å²) in [6, 6.07) is 19.2. The van der Waals surface area contributed by atoms with Crippen LogP contribution in [-0.2, 0) is 52.7 Å². The molecule has 0 aliphatic heterocycles. The summed E-state index contributed by atoms with van der Waals surface area (Å²) in [5.74, 6) is -3.85. The number of hydrogen-bond donors (Lipinski definition) is 1. The van der Waals surface area contributed by atoms with E-state index in [1.54, 1.807) is 31.1 Å². The van der Waals surface area contributed by atoms with Crippen molar-refractivity contribution < 1.29 is 38.6 Å². The molecule has 0 aliphatic rings. The Morgan fingerprint density at radius 3 is 1.51 bits per heavy atom. The Morgan fingerprint density at radius 1 is 0.632 bits per heavy atom. The molecular weight excluding hydrogens is 723 g/mol. The second kappa shape index (κ2) is 21.5. The molecule has 0 spiro atoms. The largest absolute Gasteiger partial charge is 0.508 e. The van der Waals surface area contributed by atoms with Crippen molar-refractivity contribution in [3.63, 3.8) is 0 Å². The number of amides is 2. The molecule has 11 heteroatoms. The summed E-state index contributed by atoms with van der Waals surface area (Å²) < 4.78 is 11.2. The summed E-state index contributed by atoms with van der Waals surface area (Å²) in [6.07, 6.45) is -0.0562. The fourth-order valence-corrected chi connectivity index (χ4v) is 6.79. The fourth-order valence-electron chi connectivity index (χ4n) is 6.79. The predicted molar refractivity (Wildman–Crippen MR) is 221 cm³/mol. The quantitative estimate of drug-likeness (QED) is 0.137. The van der Waals surface area contributed by atoms with Crippen molar-refractivity contribution in [2.75, 3.05) is 35.3 Å². The highest BCUT2D eigenvalue weighted by atomic mass is 16.5. The van der Waals surface area contributed by atoms with Gasteiger partial charge in [-0.3, -0.25) is 24.1 Å². The monoisotopic (exact) mass is 785 g/mol. The molecule has 0 saturated carbocycles. The van der Waals surface area contributed by atoms with E-state index in [1.807, 2.05) is 90.1 Å². The summed E-state index contributed by atoms with van der Waals surface area (Å²) in [5.41, 5.74) is 4.63. The summed E-state index contributed by atoms with van der Waals surface area (Å²) in [6.45, 7) is 11.4. The molecule has 6 unspecified atom stereocenters. The van der Waals surface area contributed by atoms with Gasteiger partial charge in [-0.05, 0) is 75.5 Å². The van der Waals surface area contributed by atoms with E-state index in [0.29, 0.717) is 18.4 Å². The maximum Gasteiger partial charge on any atom is 0.328 e. The number of carbonyl (C=O) groups excluding carboxylic acids is 5. The average molecular weight is 786 g/mol. The number of Topliss-reactive ketones (excluding diaryl/α,β-unsaturated/α-hetero) is 1. The third-order valence-corrected chi connectivity index (χ3v) is 11.0. The lowest BCUT2D eigenvalue weighted by atomic mass is 9.85. The zero-order chi connectivity index (χ0) is 42.6. The minimum Gasteiger partial charge on any atom is -0.508 e. The van der Waals surface area contributed by atoms with Crippen LogP contribution in [0.1, 0.15) is 68.4 Å². The second-order valence-electron chi connectivity index (χ2n) is 15.9. The molecule has 0 radical (unpaired) electrons. The lowest BCUT2D eigenvalue weighted by Gasteiger charge is -2.36. The first-order valence-corrected chi connectivity index (χ1v) is 19.8. The van der Waals surface area contributed by atoms with Crippen LogP contribution < -0.4 is 0 Å². The van der Waals surface area contributed by atoms with Gasteiger partial charge in [0.15, 0.2) is 11.9 Å². The van der Waals surface area contributed by atoms with Crippen molar-refractivity contribution >= 4 is 29.5 Å². The Labute approximate surface area is 339 Å². The average Bonchev–Trinajstić information content (AvgIpc) is 3.19. The lowest BCUT2D eigenvalue weighted by molar-refractivity contribution is -0.163. The molecule has 3 rings (SSSR count). The van der Waals surface area contributed by atoms with Crippen molar-refractivity contribution in [2.24, 2.45) is 17.8 Å². The normalized spacial score (nSPS) is 14.5. The molecule has 6 atom stereocenters. The Hall–Kier alpha value is -5.03. The lowest BCUT2D eigenvalue weighted by Crippen LogP contribution is -2.55. The highest BCUT2D eigenvalue weighted by Gasteiger charge is 2.40. The first-order chi connectivity index (χ1) is 26.9. The molecule has 0 bridgehead atoms. The number of esters is 2. The van der Waals surface area contributed by atoms with Crippen LogP contribution in [0.2, 0.25) is 0 Å². The number of methoxy groups -OCH3 is 1. The molecule has 2 amide bonds. The smallest absolute Gasteiger partial charge is 0.328 e. The Balaban J connectivity index is 1.93. The number of hydrogen-bond acceptors (Lipinski definition) is 9. The first kappa shape index (κ1) is 46.4. The zero-order valence-corrected chi connectivity index (χ0v) is 35.7. The maximum absolute atomic E-state index is 14.6. The molecular formula is C46H63N3O8. The summed E-state index contributed by atoms with van der Waals surface area (Å²) in [4.78, 5) is 74.7. The van der Waals surface area contributed by atoms with Crippen LogP contribution in [0.25, 0.3) is 0 Å². The second-order valence-corrected chi connectivity index (χ2v) is 15.9. The minimum atomic E-state index is -1.08. The van der Waals surface area contributed by atoms with Crippen LogP contribution in [0.3, 0.4) is 0 Å². The van der Waals surface area contributed by atoms with Gasteiger partial charge in [-0.25, -0.2) is 4.79 Å². The number of aryl methyl sites for hydroxylation is 2. The number of phenols is 1. The number of likely N-dealkylation sites (N-methyl/N-ethyl adjacent to an activating group) is 3. The molecule has 310 valence electrons. The highest BCUT2D eigenvalue weighted by molar-refractivity contribution is 5.94. The van der Waals surface area contributed by atoms with Gasteiger partial charge in [0.1, 0.15) is 23.9 Å². The van der Waals surface area contributed by atoms with Crippen LogP contribution in [-0.4, -0.2) is 109 Å². The third kappa shape index (κ3) is 13.0. The van der Waals surface area contributed by atoms with E-state index in [4.69, 9.17) is 9.47 Å². The predicted octanol–water partition coefficient (Wildman–Crippen LogP) is 5.98. The van der Waals surface area contributed by atoms with E-state index in [0.717, 1.165) is 22.3 Å². The molecule has 57 heavy (non-hydrogen) atoms. The Bertz CT molecular complexity index is 1790. The minimum absolute atomic E-state index is 0.0500. The molecule has 0 aromatic heterocycles. The molecule has 0 heterocycles. The Morgan fingerprint density at radius 2 is 1.07 bits per heavy atom. The van der Waals surface area contributed by atoms with Gasteiger partial charge in [-0.1, -0.05) is 99.5 Å². The molecule has 0 aliphatic carbocycles. The van der Waals surface area contributed by atoms with E-state index >= 15 is 0 Å². The van der Waals surface area contributed by atoms with E-state index in [-0.39, 0.29) is 42.6 Å². The van der Waals surface area contributed by atoms with E-state index < -0.39 is 53.9 Å². The van der Waals surface area contributed by atoms with E-state index in [9.17, 15) is 29.1 Å². The van der Waals surface area contributed by atoms with Crippen molar-refractivity contribution in [2.45, 2.75) is 97.9 Å². The zero-order valence-electron chi connectivity index (χ0n) is 35.7. The van der Waals surface area contributed by atoms with Crippen LogP contribution >= 0.6 is 0 Å². The molecule has 0 saturated heterocycles. The molecule has 0 fully saturated rings. The van der Waals surface area contributed by atoms with Crippen LogP contribution in [0, 0.1) is 31.6 Å². The van der Waals surface area contributed by atoms with Gasteiger partial charge in [0, 0.05) is 45.2 Å². The van der Waals surface area contributed by atoms with Crippen molar-refractivity contribution in [1.29, 1.82) is 0 Å². The molecule has 11 nitrogen and oxygen atoms in total. The molecule has 3 aromatic rings. The number of carbonyl (C=O) groups is 5. The van der Waals surface area contributed by atoms with Gasteiger partial charge in [0.2, 0.25) is 11.8 Å². The summed E-state index contributed by atoms with van der Waals surface area (Å²) in [7, 11) is 7.92. The highest BCUT2D eigenvalue weighted by Crippen LogP contribution is 2.26. The summed E-state index contributed by atoms with van der Waals surface area (Å²) >= 11 is 0. The van der Waals surface area contributed by atoms with Crippen LogP contribution in [0.4, 0.5) is 0 Å². The maximum atomic E-state index is 14.6. The topological polar surface area (TPSA) is 134 Å². The number of nitrogens with zero attached hydrogens (tertiary/aromatic N) is 3. The van der Waals surface area contributed by atoms with Gasteiger partial charge in [-0.15, -0.1) is 0 Å². The van der Waals surface area contributed by atoms with E-state index in [2.05, 4.69) is 0 Å². The number of ether oxygens (including phenoxy) is 2. The number of benzene rings is 3. The number of aromatic hydroxyl groups is 1. The van der Waals surface area contributed by atoms with Gasteiger partial charge >= 0.3 is 11.9 Å². The van der Waals surface area contributed by atoms with Crippen molar-refractivity contribution in [3.8, 4) is 5.75 Å². The summed E-state index contributed by atoms with van der Waals surface area (Å²) in [5, 5.41) is 9.95. The standard InChI is InChI=1S/C46H63N3O8/c1-12-32(6)42(57-46(55)39(47(7)8)26-33-17-13-30(4)14-18-33)41(51)28-37(29(2)3)43(52)48(9)38(25-35-21-23-36(50)24-22-35)44(53)49(10)40(45(54)56-11)27-34-19-15-31(5)16-20-34/h13-24,29,32,37-40,42,50H,12,25-28H2,1-11H3. The van der Waals surface area contributed by atoms with Gasteiger partial charge in [0.05, 0.1) is 7.11 Å². The SMILES string of the molecule is CCC(C)C(OC(=O)C(Cc1ccc(C)cc1)N(C)C)C(=O)CC(C(=O)N(C)C(Cc1ccc(O)cc1)C(=O)N(C)C(Cc1ccc(C)cc1)C(=O)OC)C(C)C. The Kier molecular flexibility index (Phi) is 17.5. The first-order valence-electron chi connectivity index (χ1n) is 19.8. The number of rotatable bonds is 20. The van der Waals surface area contributed by atoms with Crippen LogP contribution in [0.5, 0.6) is 5.75 Å². The van der Waals surface area contributed by atoms with Gasteiger partial charge in [0.25, 0.3) is 0 Å². The third-order valence-electron chi connectivity index (χ3n) is 11.0. The van der Waals surface area contributed by atoms with E-state index in [1.165, 1.54) is 43.1 Å². The van der Waals surface area contributed by atoms with Crippen molar-refractivity contribution in [3.05, 3.63) is 101 Å². The molecule has 1 N–H and O–H groups in total. The van der Waals surface area contributed by atoms with Gasteiger partial charge < -0.3 is 24.4 Å².